The van der Waals surface area contributed by atoms with Crippen molar-refractivity contribution in [2.75, 3.05) is 4.72 Å². The highest BCUT2D eigenvalue weighted by molar-refractivity contribution is 14.1. The first-order chi connectivity index (χ1) is 13.9. The molecule has 30 heavy (non-hydrogen) atoms. The number of benzene rings is 2. The molecule has 0 bridgehead atoms. The third-order valence-corrected chi connectivity index (χ3v) is 6.10. The Kier molecular flexibility index (Phi) is 5.78. The van der Waals surface area contributed by atoms with Crippen LogP contribution in [0.5, 0.6) is 0 Å². The number of anilines is 1. The van der Waals surface area contributed by atoms with Crippen LogP contribution in [-0.2, 0) is 14.8 Å². The van der Waals surface area contributed by atoms with Crippen molar-refractivity contribution < 1.29 is 27.9 Å². The number of rotatable bonds is 4. The number of esters is 1. The number of ether oxygens (including phenoxy) is 1. The molecule has 0 radical (unpaired) electrons. The van der Waals surface area contributed by atoms with E-state index in [1.165, 1.54) is 36.4 Å². The molecule has 3 aromatic rings. The van der Waals surface area contributed by atoms with E-state index in [1.54, 1.807) is 26.8 Å². The van der Waals surface area contributed by atoms with Gasteiger partial charge in [-0.3, -0.25) is 4.72 Å². The van der Waals surface area contributed by atoms with Crippen molar-refractivity contribution in [1.29, 1.82) is 0 Å². The number of carbonyl (C=O) groups is 2. The summed E-state index contributed by atoms with van der Waals surface area (Å²) in [4.78, 5) is 23.5. The average molecular weight is 543 g/mol. The van der Waals surface area contributed by atoms with Crippen LogP contribution in [-0.4, -0.2) is 41.0 Å². The topological polar surface area (TPSA) is 128 Å². The van der Waals surface area contributed by atoms with Crippen molar-refractivity contribution in [2.45, 2.75) is 31.3 Å². The summed E-state index contributed by atoms with van der Waals surface area (Å²) in [5.41, 5.74) is -0.351. The van der Waals surface area contributed by atoms with Gasteiger partial charge in [-0.25, -0.2) is 18.0 Å². The molecule has 2 aromatic carbocycles. The Morgan fingerprint density at radius 3 is 2.47 bits per heavy atom. The number of carboxylic acid groups (broad SMARTS) is 1. The second kappa shape index (κ2) is 7.87. The lowest BCUT2D eigenvalue weighted by Gasteiger charge is -2.20. The number of hydrogen-bond acceptors (Lipinski definition) is 6. The van der Waals surface area contributed by atoms with Crippen LogP contribution in [0.25, 0.3) is 10.9 Å². The van der Waals surface area contributed by atoms with Crippen LogP contribution < -0.4 is 4.72 Å². The van der Waals surface area contributed by atoms with Crippen LogP contribution >= 0.6 is 22.6 Å². The highest BCUT2D eigenvalue weighted by Gasteiger charge is 2.26. The van der Waals surface area contributed by atoms with E-state index in [0.717, 1.165) is 4.68 Å². The van der Waals surface area contributed by atoms with Gasteiger partial charge >= 0.3 is 12.1 Å². The van der Waals surface area contributed by atoms with Crippen LogP contribution in [0.1, 0.15) is 31.1 Å². The predicted molar refractivity (Wildman–Crippen MR) is 118 cm³/mol. The Balaban J connectivity index is 1.99. The van der Waals surface area contributed by atoms with Gasteiger partial charge in [-0.2, -0.15) is 9.78 Å². The number of nitrogens with one attached hydrogen (secondary N) is 1. The lowest BCUT2D eigenvalue weighted by molar-refractivity contribution is 0.00650. The lowest BCUT2D eigenvalue weighted by Crippen LogP contribution is -2.26. The van der Waals surface area contributed by atoms with Crippen molar-refractivity contribution in [2.24, 2.45) is 0 Å². The van der Waals surface area contributed by atoms with Crippen LogP contribution in [0.3, 0.4) is 0 Å². The molecule has 1 aromatic heterocycles. The first-order valence-corrected chi connectivity index (χ1v) is 11.2. The first-order valence-electron chi connectivity index (χ1n) is 8.66. The van der Waals surface area contributed by atoms with Gasteiger partial charge in [0.1, 0.15) is 14.2 Å². The van der Waals surface area contributed by atoms with Crippen molar-refractivity contribution in [3.63, 3.8) is 0 Å². The zero-order valence-corrected chi connectivity index (χ0v) is 19.2. The molecule has 11 heteroatoms. The Morgan fingerprint density at radius 1 is 1.17 bits per heavy atom. The van der Waals surface area contributed by atoms with Crippen molar-refractivity contribution >= 4 is 61.3 Å². The third-order valence-electron chi connectivity index (χ3n) is 3.86. The van der Waals surface area contributed by atoms with Gasteiger partial charge in [0.15, 0.2) is 0 Å². The summed E-state index contributed by atoms with van der Waals surface area (Å²) >= 11 is 1.87. The van der Waals surface area contributed by atoms with E-state index in [2.05, 4.69) is 9.82 Å². The van der Waals surface area contributed by atoms with Crippen LogP contribution in [0.4, 0.5) is 10.5 Å². The highest BCUT2D eigenvalue weighted by atomic mass is 127. The Hall–Kier alpha value is -2.67. The summed E-state index contributed by atoms with van der Waals surface area (Å²) in [6, 6.07) is 10.1. The molecule has 0 atom stereocenters. The molecule has 0 spiro atoms. The smallest absolute Gasteiger partial charge is 0.432 e. The van der Waals surface area contributed by atoms with E-state index in [0.29, 0.717) is 14.6 Å². The molecule has 3 rings (SSSR count). The minimum absolute atomic E-state index is 0.0886. The molecule has 0 amide bonds. The highest BCUT2D eigenvalue weighted by Crippen LogP contribution is 2.27. The second-order valence-corrected chi connectivity index (χ2v) is 9.99. The van der Waals surface area contributed by atoms with Gasteiger partial charge < -0.3 is 9.84 Å². The number of halogens is 1. The quantitative estimate of drug-likeness (QED) is 0.377. The predicted octanol–water partition coefficient (Wildman–Crippen LogP) is 3.92. The van der Waals surface area contributed by atoms with Crippen molar-refractivity contribution in [3.05, 3.63) is 51.7 Å². The van der Waals surface area contributed by atoms with Gasteiger partial charge in [0, 0.05) is 11.1 Å². The minimum Gasteiger partial charge on any atom is -0.463 e. The summed E-state index contributed by atoms with van der Waals surface area (Å²) in [5.74, 6) is -0.754. The third kappa shape index (κ3) is 4.56. The van der Waals surface area contributed by atoms with Crippen molar-refractivity contribution in [1.82, 2.24) is 9.78 Å². The molecule has 2 N–H and O–H groups in total. The van der Waals surface area contributed by atoms with E-state index in [4.69, 9.17) is 4.74 Å². The number of nitrogens with zero attached hydrogens (tertiary/aromatic N) is 2. The number of hydrogen-bond donors (Lipinski definition) is 2. The Labute approximate surface area is 186 Å². The van der Waals surface area contributed by atoms with E-state index < -0.39 is 27.7 Å². The van der Waals surface area contributed by atoms with Gasteiger partial charge in [0.2, 0.25) is 0 Å². The molecular weight excluding hydrogens is 525 g/mol. The maximum atomic E-state index is 13.0. The SMILES string of the molecule is CC(C)(C)OC(=O)c1ccccc1S(=O)(=O)Nc1ccc2c(c1)c(I)nn2C(=O)O. The fourth-order valence-corrected chi connectivity index (χ4v) is 4.60. The summed E-state index contributed by atoms with van der Waals surface area (Å²) in [6.45, 7) is 5.07. The van der Waals surface area contributed by atoms with E-state index in [-0.39, 0.29) is 16.1 Å². The normalized spacial score (nSPS) is 12.0. The summed E-state index contributed by atoms with van der Waals surface area (Å²) < 4.78 is 34.9. The van der Waals surface area contributed by atoms with Gasteiger partial charge in [0.25, 0.3) is 10.0 Å². The molecule has 158 valence electrons. The molecule has 0 fully saturated rings. The van der Waals surface area contributed by atoms with Gasteiger partial charge in [-0.1, -0.05) is 12.1 Å². The summed E-state index contributed by atoms with van der Waals surface area (Å²) in [7, 11) is -4.13. The van der Waals surface area contributed by atoms with E-state index in [9.17, 15) is 23.1 Å². The zero-order chi connectivity index (χ0) is 22.3. The number of fused-ring (bicyclic) bond motifs is 1. The van der Waals surface area contributed by atoms with Crippen LogP contribution in [0.2, 0.25) is 0 Å². The number of carbonyl (C=O) groups excluding carboxylic acids is 1. The average Bonchev–Trinajstić information content (AvgIpc) is 2.97. The standard InChI is InChI=1S/C19H18IN3O6S/c1-19(2,3)29-17(24)12-6-4-5-7-15(12)30(27,28)22-11-8-9-14-13(10-11)16(20)21-23(14)18(25)26/h4-10,22H,1-3H3,(H,25,26). The van der Waals surface area contributed by atoms with Crippen LogP contribution in [0, 0.1) is 3.70 Å². The van der Waals surface area contributed by atoms with E-state index >= 15 is 0 Å². The molecule has 0 aliphatic carbocycles. The number of aromatic nitrogens is 2. The van der Waals surface area contributed by atoms with Crippen LogP contribution in [0.15, 0.2) is 47.4 Å². The molecule has 0 saturated heterocycles. The van der Waals surface area contributed by atoms with Gasteiger partial charge in [-0.05, 0) is 73.7 Å². The summed E-state index contributed by atoms with van der Waals surface area (Å²) in [6.07, 6.45) is -1.25. The van der Waals surface area contributed by atoms with Gasteiger partial charge in [0.05, 0.1) is 11.1 Å². The molecular formula is C19H18IN3O6S. The largest absolute Gasteiger partial charge is 0.463 e. The molecule has 0 aliphatic heterocycles. The Morgan fingerprint density at radius 2 is 1.83 bits per heavy atom. The maximum Gasteiger partial charge on any atom is 0.432 e. The molecule has 1 heterocycles. The maximum absolute atomic E-state index is 13.0. The number of sulfonamides is 1. The second-order valence-electron chi connectivity index (χ2n) is 7.32. The lowest BCUT2D eigenvalue weighted by atomic mass is 10.1. The van der Waals surface area contributed by atoms with Gasteiger partial charge in [-0.15, -0.1) is 0 Å². The zero-order valence-electron chi connectivity index (χ0n) is 16.2. The molecule has 0 saturated carbocycles. The first kappa shape index (κ1) is 22.0. The fraction of sp³-hybridized carbons (Fsp3) is 0.211. The minimum atomic E-state index is -4.13. The Bertz CT molecular complexity index is 1260. The van der Waals surface area contributed by atoms with Crippen molar-refractivity contribution in [3.8, 4) is 0 Å². The monoisotopic (exact) mass is 543 g/mol. The fourth-order valence-electron chi connectivity index (χ4n) is 2.70. The molecule has 0 unspecified atom stereocenters. The molecule has 9 nitrogen and oxygen atoms in total. The van der Waals surface area contributed by atoms with E-state index in [1.807, 2.05) is 22.6 Å². The molecule has 0 aliphatic rings. The summed E-state index contributed by atoms with van der Waals surface area (Å²) in [5, 5.41) is 13.6.